The van der Waals surface area contributed by atoms with E-state index in [1.807, 2.05) is 21.1 Å². The number of phosphoric ester groups is 1. The largest absolute Gasteiger partial charge is 0.756 e. The van der Waals surface area contributed by atoms with Crippen LogP contribution in [0, 0.1) is 0 Å². The number of rotatable bonds is 38. The van der Waals surface area contributed by atoms with Crippen molar-refractivity contribution in [2.24, 2.45) is 0 Å². The van der Waals surface area contributed by atoms with Crippen LogP contribution in [0.15, 0.2) is 60.8 Å². The number of quaternary nitrogens is 1. The van der Waals surface area contributed by atoms with Crippen LogP contribution in [0.4, 0.5) is 0 Å². The molecular formula is C45H80NO8P. The van der Waals surface area contributed by atoms with Crippen molar-refractivity contribution in [2.45, 2.75) is 168 Å². The Morgan fingerprint density at radius 2 is 1.00 bits per heavy atom. The van der Waals surface area contributed by atoms with Gasteiger partial charge in [0.25, 0.3) is 7.82 Å². The Morgan fingerprint density at radius 1 is 0.564 bits per heavy atom. The fourth-order valence-electron chi connectivity index (χ4n) is 5.32. The SMILES string of the molecule is CCCC/C=C\C/C=C\CCCCCCCC(=O)OC[C@H](COP(=O)([O-])OCC[N+](C)(C)C)OC(=O)CCCCCC/C=C\C/C=C\C/C=C\CCCCC. The van der Waals surface area contributed by atoms with E-state index in [9.17, 15) is 19.0 Å². The first kappa shape index (κ1) is 52.7. The molecule has 0 saturated carbocycles. The van der Waals surface area contributed by atoms with Crippen molar-refractivity contribution < 1.29 is 42.1 Å². The van der Waals surface area contributed by atoms with Gasteiger partial charge in [-0.2, -0.15) is 0 Å². The van der Waals surface area contributed by atoms with Crippen molar-refractivity contribution in [3.05, 3.63) is 60.8 Å². The molecule has 0 aliphatic rings. The quantitative estimate of drug-likeness (QED) is 0.0200. The molecule has 1 unspecified atom stereocenters. The minimum Gasteiger partial charge on any atom is -0.756 e. The Hall–Kier alpha value is -2.29. The number of unbranched alkanes of at least 4 members (excludes halogenated alkanes) is 14. The number of phosphoric acid groups is 1. The summed E-state index contributed by atoms with van der Waals surface area (Å²) in [5, 5.41) is 0. The summed E-state index contributed by atoms with van der Waals surface area (Å²) in [6.07, 6.45) is 43.8. The van der Waals surface area contributed by atoms with Gasteiger partial charge in [-0.1, -0.05) is 132 Å². The number of allylic oxidation sites excluding steroid dienone is 10. The molecule has 0 rings (SSSR count). The summed E-state index contributed by atoms with van der Waals surface area (Å²) in [6.45, 7) is 4.10. The number of esters is 2. The molecule has 0 spiro atoms. The second-order valence-corrected chi connectivity index (χ2v) is 16.8. The van der Waals surface area contributed by atoms with Gasteiger partial charge >= 0.3 is 11.9 Å². The van der Waals surface area contributed by atoms with Crippen molar-refractivity contribution in [1.82, 2.24) is 0 Å². The molecular weight excluding hydrogens is 713 g/mol. The van der Waals surface area contributed by atoms with Gasteiger partial charge in [0.05, 0.1) is 27.7 Å². The molecule has 0 aliphatic heterocycles. The number of likely N-dealkylation sites (N-methyl/N-ethyl adjacent to an activating group) is 1. The number of ether oxygens (including phenoxy) is 2. The third kappa shape index (κ3) is 41.2. The molecule has 0 aliphatic carbocycles. The number of carbonyl (C=O) groups is 2. The van der Waals surface area contributed by atoms with Crippen LogP contribution in [0.5, 0.6) is 0 Å². The zero-order chi connectivity index (χ0) is 40.7. The molecule has 0 aromatic rings. The van der Waals surface area contributed by atoms with Crippen LogP contribution in [-0.4, -0.2) is 70.0 Å². The predicted octanol–water partition coefficient (Wildman–Crippen LogP) is 11.4. The highest BCUT2D eigenvalue weighted by Crippen LogP contribution is 2.38. The van der Waals surface area contributed by atoms with E-state index in [1.165, 1.54) is 38.5 Å². The lowest BCUT2D eigenvalue weighted by Crippen LogP contribution is -2.37. The maximum atomic E-state index is 12.7. The van der Waals surface area contributed by atoms with Crippen LogP contribution in [0.25, 0.3) is 0 Å². The highest BCUT2D eigenvalue weighted by Gasteiger charge is 2.21. The standard InChI is InChI=1S/C45H80NO8P/c1-6-8-10-12-14-16-18-20-22-23-24-26-28-30-32-34-36-38-45(48)54-43(42-53-55(49,50)52-40-39-46(3,4)5)41-51-44(47)37-35-33-31-29-27-25-21-19-17-15-13-11-9-7-2/h13-16,19-22,24,26,43H,6-12,17-18,23,25,27-42H2,1-5H3/b15-13-,16-14-,21-19-,22-20-,26-24-/t43-/m1/s1. The van der Waals surface area contributed by atoms with Crippen LogP contribution in [0.2, 0.25) is 0 Å². The molecule has 2 atom stereocenters. The summed E-state index contributed by atoms with van der Waals surface area (Å²) in [4.78, 5) is 37.5. The molecule has 318 valence electrons. The summed E-state index contributed by atoms with van der Waals surface area (Å²) in [5.74, 6) is -0.882. The van der Waals surface area contributed by atoms with E-state index in [0.29, 0.717) is 23.9 Å². The van der Waals surface area contributed by atoms with Gasteiger partial charge in [0.1, 0.15) is 19.8 Å². The van der Waals surface area contributed by atoms with E-state index >= 15 is 0 Å². The van der Waals surface area contributed by atoms with Crippen LogP contribution in [0.3, 0.4) is 0 Å². The van der Waals surface area contributed by atoms with Gasteiger partial charge in [0.2, 0.25) is 0 Å². The van der Waals surface area contributed by atoms with E-state index in [2.05, 4.69) is 74.6 Å². The van der Waals surface area contributed by atoms with E-state index in [-0.39, 0.29) is 26.1 Å². The third-order valence-corrected chi connectivity index (χ3v) is 9.72. The van der Waals surface area contributed by atoms with Gasteiger partial charge in [-0.25, -0.2) is 0 Å². The highest BCUT2D eigenvalue weighted by atomic mass is 31.2. The lowest BCUT2D eigenvalue weighted by molar-refractivity contribution is -0.870. The van der Waals surface area contributed by atoms with Gasteiger partial charge in [-0.3, -0.25) is 14.2 Å². The van der Waals surface area contributed by atoms with Gasteiger partial charge in [0.15, 0.2) is 6.10 Å². The Labute approximate surface area is 336 Å². The highest BCUT2D eigenvalue weighted by molar-refractivity contribution is 7.45. The second kappa shape index (κ2) is 37.3. The van der Waals surface area contributed by atoms with Crippen LogP contribution in [0.1, 0.15) is 162 Å². The predicted molar refractivity (Wildman–Crippen MR) is 226 cm³/mol. The van der Waals surface area contributed by atoms with Gasteiger partial charge in [0, 0.05) is 12.8 Å². The van der Waals surface area contributed by atoms with Crippen molar-refractivity contribution in [3.8, 4) is 0 Å². The lowest BCUT2D eigenvalue weighted by Gasteiger charge is -2.28. The zero-order valence-electron chi connectivity index (χ0n) is 35.6. The van der Waals surface area contributed by atoms with E-state index in [1.54, 1.807) is 0 Å². The van der Waals surface area contributed by atoms with Crippen LogP contribution in [-0.2, 0) is 32.7 Å². The molecule has 0 aromatic carbocycles. The molecule has 10 heteroatoms. The fourth-order valence-corrected chi connectivity index (χ4v) is 6.05. The summed E-state index contributed by atoms with van der Waals surface area (Å²) in [5.41, 5.74) is 0. The normalized spacial score (nSPS) is 14.2. The minimum atomic E-state index is -4.63. The topological polar surface area (TPSA) is 111 Å². The number of carbonyl (C=O) groups excluding carboxylic acids is 2. The Balaban J connectivity index is 4.46. The Morgan fingerprint density at radius 3 is 1.51 bits per heavy atom. The monoisotopic (exact) mass is 794 g/mol. The number of nitrogens with zero attached hydrogens (tertiary/aromatic N) is 1. The second-order valence-electron chi connectivity index (χ2n) is 15.3. The van der Waals surface area contributed by atoms with E-state index in [4.69, 9.17) is 18.5 Å². The van der Waals surface area contributed by atoms with E-state index < -0.39 is 32.5 Å². The number of hydrogen-bond donors (Lipinski definition) is 0. The zero-order valence-corrected chi connectivity index (χ0v) is 36.5. The summed E-state index contributed by atoms with van der Waals surface area (Å²) < 4.78 is 33.8. The number of hydrogen-bond acceptors (Lipinski definition) is 8. The summed E-state index contributed by atoms with van der Waals surface area (Å²) in [6, 6.07) is 0. The van der Waals surface area contributed by atoms with E-state index in [0.717, 1.165) is 83.5 Å². The van der Waals surface area contributed by atoms with Crippen molar-refractivity contribution in [2.75, 3.05) is 47.5 Å². The smallest absolute Gasteiger partial charge is 0.306 e. The van der Waals surface area contributed by atoms with Crippen LogP contribution >= 0.6 is 7.82 Å². The minimum absolute atomic E-state index is 0.0405. The maximum absolute atomic E-state index is 12.7. The first-order chi connectivity index (χ1) is 26.5. The molecule has 0 aromatic heterocycles. The van der Waals surface area contributed by atoms with Crippen molar-refractivity contribution >= 4 is 19.8 Å². The summed E-state index contributed by atoms with van der Waals surface area (Å²) >= 11 is 0. The first-order valence-corrected chi connectivity index (χ1v) is 23.0. The van der Waals surface area contributed by atoms with Crippen LogP contribution < -0.4 is 4.89 Å². The molecule has 0 bridgehead atoms. The first-order valence-electron chi connectivity index (χ1n) is 21.5. The molecule has 0 radical (unpaired) electrons. The molecule has 55 heavy (non-hydrogen) atoms. The van der Waals surface area contributed by atoms with Gasteiger partial charge < -0.3 is 27.9 Å². The van der Waals surface area contributed by atoms with Crippen molar-refractivity contribution in [3.63, 3.8) is 0 Å². The molecule has 9 nitrogen and oxygen atoms in total. The van der Waals surface area contributed by atoms with Gasteiger partial charge in [-0.15, -0.1) is 0 Å². The fraction of sp³-hybridized carbons (Fsp3) is 0.733. The molecule has 0 amide bonds. The molecule has 0 fully saturated rings. The van der Waals surface area contributed by atoms with Gasteiger partial charge in [-0.05, 0) is 77.0 Å². The molecule has 0 N–H and O–H groups in total. The Kier molecular flexibility index (Phi) is 35.7. The average molecular weight is 794 g/mol. The maximum Gasteiger partial charge on any atom is 0.306 e. The summed E-state index contributed by atoms with van der Waals surface area (Å²) in [7, 11) is 1.13. The molecule has 0 saturated heterocycles. The average Bonchev–Trinajstić information content (AvgIpc) is 3.13. The lowest BCUT2D eigenvalue weighted by atomic mass is 10.1. The third-order valence-electron chi connectivity index (χ3n) is 8.76. The Bertz CT molecular complexity index is 1120. The van der Waals surface area contributed by atoms with Crippen molar-refractivity contribution in [1.29, 1.82) is 0 Å². The molecule has 0 heterocycles.